The molecule has 9 nitrogen and oxygen atoms in total. The van der Waals surface area contributed by atoms with Gasteiger partial charge in [-0.05, 0) is 12.1 Å². The number of likely N-dealkylation sites (tertiary alicyclic amines) is 1. The Bertz CT molecular complexity index is 900. The van der Waals surface area contributed by atoms with Crippen LogP contribution in [0.2, 0.25) is 0 Å². The highest BCUT2D eigenvalue weighted by molar-refractivity contribution is 5.93. The molecule has 0 aliphatic carbocycles. The number of hydrogen-bond acceptors (Lipinski definition) is 7. The molecule has 0 spiro atoms. The highest BCUT2D eigenvalue weighted by Gasteiger charge is 2.26. The predicted molar refractivity (Wildman–Crippen MR) is 94.4 cm³/mol. The number of H-pyrrole nitrogens is 1. The number of piperidine rings is 1. The van der Waals surface area contributed by atoms with Crippen molar-refractivity contribution in [1.29, 1.82) is 0 Å². The monoisotopic (exact) mass is 369 g/mol. The van der Waals surface area contributed by atoms with E-state index >= 15 is 0 Å². The number of carbonyl (C=O) groups is 1. The molecule has 4 rings (SSSR count). The van der Waals surface area contributed by atoms with Gasteiger partial charge < -0.3 is 18.8 Å². The Morgan fingerprint density at radius 1 is 1.33 bits per heavy atom. The van der Waals surface area contributed by atoms with Crippen LogP contribution in [0, 0.1) is 0 Å². The number of aromatic amines is 1. The van der Waals surface area contributed by atoms with Gasteiger partial charge in [0.25, 0.3) is 5.91 Å². The lowest BCUT2D eigenvalue weighted by Gasteiger charge is -2.31. The first-order chi connectivity index (χ1) is 13.2. The molecule has 4 heterocycles. The van der Waals surface area contributed by atoms with E-state index in [9.17, 15) is 4.79 Å². The van der Waals surface area contributed by atoms with E-state index in [1.165, 1.54) is 7.11 Å². The molecule has 0 radical (unpaired) electrons. The highest BCUT2D eigenvalue weighted by atomic mass is 16.5. The summed E-state index contributed by atoms with van der Waals surface area (Å²) < 4.78 is 16.2. The van der Waals surface area contributed by atoms with Crippen molar-refractivity contribution >= 4 is 5.91 Å². The zero-order chi connectivity index (χ0) is 18.6. The number of nitrogens with zero attached hydrogens (tertiary/aromatic N) is 4. The van der Waals surface area contributed by atoms with Crippen molar-refractivity contribution < 1.29 is 18.7 Å². The lowest BCUT2D eigenvalue weighted by atomic mass is 10.1. The molecule has 0 bridgehead atoms. The molecular formula is C18H19N5O4. The molecule has 1 saturated heterocycles. The first kappa shape index (κ1) is 17.1. The topological polar surface area (TPSA) is 106 Å². The predicted octanol–water partition coefficient (Wildman–Crippen LogP) is 2.15. The van der Waals surface area contributed by atoms with Gasteiger partial charge in [-0.15, -0.1) is 0 Å². The Labute approximate surface area is 155 Å². The third-order valence-corrected chi connectivity index (χ3v) is 4.39. The third-order valence-electron chi connectivity index (χ3n) is 4.39. The molecule has 0 aromatic carbocycles. The van der Waals surface area contributed by atoms with Crippen molar-refractivity contribution in [3.05, 3.63) is 42.4 Å². The van der Waals surface area contributed by atoms with E-state index in [-0.39, 0.29) is 18.0 Å². The van der Waals surface area contributed by atoms with Crippen molar-refractivity contribution in [2.75, 3.05) is 20.2 Å². The number of methoxy groups -OCH3 is 1. The average molecular weight is 369 g/mol. The van der Waals surface area contributed by atoms with E-state index in [1.807, 2.05) is 6.07 Å². The number of nitrogens with one attached hydrogen (secondary N) is 1. The molecule has 1 aliphatic heterocycles. The van der Waals surface area contributed by atoms with Crippen LogP contribution in [0.1, 0.15) is 23.3 Å². The maximum Gasteiger partial charge on any atom is 0.319 e. The summed E-state index contributed by atoms with van der Waals surface area (Å²) in [7, 11) is 1.51. The Hall–Kier alpha value is -3.36. The normalized spacial score (nSPS) is 14.9. The maximum absolute atomic E-state index is 12.7. The number of aromatic nitrogens is 4. The number of furan rings is 1. The van der Waals surface area contributed by atoms with Crippen molar-refractivity contribution in [1.82, 2.24) is 25.1 Å². The summed E-state index contributed by atoms with van der Waals surface area (Å²) in [4.78, 5) is 22.6. The molecule has 9 heteroatoms. The number of hydrogen-bond donors (Lipinski definition) is 1. The van der Waals surface area contributed by atoms with Crippen molar-refractivity contribution in [3.63, 3.8) is 0 Å². The van der Waals surface area contributed by atoms with E-state index in [0.29, 0.717) is 49.0 Å². The second-order valence-corrected chi connectivity index (χ2v) is 6.14. The summed E-state index contributed by atoms with van der Waals surface area (Å²) in [6.07, 6.45) is 4.59. The van der Waals surface area contributed by atoms with Crippen molar-refractivity contribution in [3.8, 4) is 23.3 Å². The van der Waals surface area contributed by atoms with Gasteiger partial charge in [-0.1, -0.05) is 0 Å². The van der Waals surface area contributed by atoms with Crippen LogP contribution in [-0.4, -0.2) is 57.3 Å². The van der Waals surface area contributed by atoms with Crippen LogP contribution in [0.4, 0.5) is 0 Å². The number of carbonyl (C=O) groups excluding carboxylic acids is 1. The minimum Gasteiger partial charge on any atom is -0.474 e. The zero-order valence-corrected chi connectivity index (χ0v) is 14.8. The molecule has 0 unspecified atom stereocenters. The second kappa shape index (κ2) is 7.48. The average Bonchev–Trinajstić information content (AvgIpc) is 3.40. The molecule has 0 atom stereocenters. The van der Waals surface area contributed by atoms with Crippen LogP contribution < -0.4 is 9.47 Å². The lowest BCUT2D eigenvalue weighted by molar-refractivity contribution is 0.0581. The van der Waals surface area contributed by atoms with Crippen LogP contribution in [-0.2, 0) is 0 Å². The first-order valence-electron chi connectivity index (χ1n) is 8.65. The summed E-state index contributed by atoms with van der Waals surface area (Å²) in [6, 6.07) is 7.27. The van der Waals surface area contributed by atoms with Crippen LogP contribution in [0.15, 0.2) is 41.1 Å². The molecule has 1 amide bonds. The van der Waals surface area contributed by atoms with Gasteiger partial charge in [-0.2, -0.15) is 10.1 Å². The molecule has 1 aliphatic rings. The van der Waals surface area contributed by atoms with Gasteiger partial charge in [0.2, 0.25) is 5.88 Å². The number of ether oxygens (including phenoxy) is 2. The fourth-order valence-electron chi connectivity index (χ4n) is 2.99. The van der Waals surface area contributed by atoms with Crippen LogP contribution >= 0.6 is 0 Å². The minimum absolute atomic E-state index is 0.00785. The van der Waals surface area contributed by atoms with E-state index in [0.717, 1.165) is 0 Å². The molecule has 140 valence electrons. The van der Waals surface area contributed by atoms with Gasteiger partial charge >= 0.3 is 6.01 Å². The van der Waals surface area contributed by atoms with Crippen LogP contribution in [0.3, 0.4) is 0 Å². The summed E-state index contributed by atoms with van der Waals surface area (Å²) in [5.74, 6) is 1.02. The van der Waals surface area contributed by atoms with E-state index in [4.69, 9.17) is 13.9 Å². The third kappa shape index (κ3) is 3.76. The fourth-order valence-corrected chi connectivity index (χ4v) is 2.99. The summed E-state index contributed by atoms with van der Waals surface area (Å²) >= 11 is 0. The van der Waals surface area contributed by atoms with Gasteiger partial charge in [-0.25, -0.2) is 4.98 Å². The van der Waals surface area contributed by atoms with Crippen LogP contribution in [0.25, 0.3) is 11.5 Å². The standard InChI is InChI=1S/C18H19N5O4/c1-25-18-19-7-4-16(20-18)27-12-5-8-23(9-6-12)17(24)14-11-13(21-22-14)15-3-2-10-26-15/h2-4,7,10-12H,5-6,8-9H2,1H3,(H,21,22). The Morgan fingerprint density at radius 2 is 2.19 bits per heavy atom. The van der Waals surface area contributed by atoms with Gasteiger partial charge in [0, 0.05) is 44.3 Å². The lowest BCUT2D eigenvalue weighted by Crippen LogP contribution is -2.42. The number of amides is 1. The zero-order valence-electron chi connectivity index (χ0n) is 14.8. The largest absolute Gasteiger partial charge is 0.474 e. The van der Waals surface area contributed by atoms with E-state index in [2.05, 4.69) is 20.2 Å². The van der Waals surface area contributed by atoms with Crippen molar-refractivity contribution in [2.24, 2.45) is 0 Å². The van der Waals surface area contributed by atoms with Crippen LogP contribution in [0.5, 0.6) is 11.9 Å². The first-order valence-corrected chi connectivity index (χ1v) is 8.65. The highest BCUT2D eigenvalue weighted by Crippen LogP contribution is 2.21. The molecule has 27 heavy (non-hydrogen) atoms. The van der Waals surface area contributed by atoms with E-state index < -0.39 is 0 Å². The molecule has 1 N–H and O–H groups in total. The fraction of sp³-hybridized carbons (Fsp3) is 0.333. The molecule has 3 aromatic rings. The second-order valence-electron chi connectivity index (χ2n) is 6.14. The van der Waals surface area contributed by atoms with Crippen molar-refractivity contribution in [2.45, 2.75) is 18.9 Å². The molecule has 3 aromatic heterocycles. The van der Waals surface area contributed by atoms with Gasteiger partial charge in [0.15, 0.2) is 11.5 Å². The summed E-state index contributed by atoms with van der Waals surface area (Å²) in [5.41, 5.74) is 1.06. The maximum atomic E-state index is 12.7. The summed E-state index contributed by atoms with van der Waals surface area (Å²) in [6.45, 7) is 1.18. The Kier molecular flexibility index (Phi) is 4.73. The Morgan fingerprint density at radius 3 is 2.93 bits per heavy atom. The van der Waals surface area contributed by atoms with Gasteiger partial charge in [0.1, 0.15) is 11.8 Å². The van der Waals surface area contributed by atoms with E-state index in [1.54, 1.807) is 35.6 Å². The molecule has 0 saturated carbocycles. The molecule has 1 fully saturated rings. The molecular weight excluding hydrogens is 350 g/mol. The quantitative estimate of drug-likeness (QED) is 0.734. The van der Waals surface area contributed by atoms with Gasteiger partial charge in [-0.3, -0.25) is 9.89 Å². The summed E-state index contributed by atoms with van der Waals surface area (Å²) in [5, 5.41) is 6.95. The Balaban J connectivity index is 1.34. The van der Waals surface area contributed by atoms with Gasteiger partial charge in [0.05, 0.1) is 13.4 Å². The minimum atomic E-state index is -0.105. The number of rotatable bonds is 5. The smallest absolute Gasteiger partial charge is 0.319 e. The SMILES string of the molecule is COc1nccc(OC2CCN(C(=O)c3cc(-c4ccco4)[nH]n3)CC2)n1.